The van der Waals surface area contributed by atoms with Crippen LogP contribution in [-0.2, 0) is 6.18 Å². The molecular formula is C15H10F3N5O2. The molecule has 25 heavy (non-hydrogen) atoms. The first-order valence-corrected chi connectivity index (χ1v) is 6.95. The molecule has 0 aromatic carbocycles. The highest BCUT2D eigenvalue weighted by atomic mass is 19.4. The zero-order valence-electron chi connectivity index (χ0n) is 12.7. The van der Waals surface area contributed by atoms with Crippen LogP contribution in [0.25, 0.3) is 11.5 Å². The molecule has 0 atom stereocenters. The van der Waals surface area contributed by atoms with Gasteiger partial charge in [0.2, 0.25) is 11.7 Å². The van der Waals surface area contributed by atoms with Gasteiger partial charge in [-0.05, 0) is 31.2 Å². The number of carbonyl (C=O) groups is 1. The van der Waals surface area contributed by atoms with Gasteiger partial charge in [0.25, 0.3) is 5.91 Å². The lowest BCUT2D eigenvalue weighted by atomic mass is 10.3. The Bertz CT molecular complexity index is 909. The van der Waals surface area contributed by atoms with Crippen molar-refractivity contribution in [1.82, 2.24) is 19.9 Å². The van der Waals surface area contributed by atoms with Gasteiger partial charge in [0, 0.05) is 6.20 Å². The monoisotopic (exact) mass is 349 g/mol. The molecule has 0 unspecified atom stereocenters. The van der Waals surface area contributed by atoms with Crippen molar-refractivity contribution in [2.45, 2.75) is 13.1 Å². The summed E-state index contributed by atoms with van der Waals surface area (Å²) in [5.41, 5.74) is 0.459. The molecule has 0 radical (unpaired) electrons. The molecule has 0 bridgehead atoms. The maximum Gasteiger partial charge on any atom is 0.449 e. The SMILES string of the molecule is Cc1nc(NC(=O)c2ccc(C(F)(F)F)o2)nc(-c2ccccn2)n1. The average molecular weight is 349 g/mol. The van der Waals surface area contributed by atoms with Gasteiger partial charge in [0.15, 0.2) is 11.6 Å². The van der Waals surface area contributed by atoms with Crippen LogP contribution >= 0.6 is 0 Å². The van der Waals surface area contributed by atoms with Gasteiger partial charge in [-0.15, -0.1) is 0 Å². The van der Waals surface area contributed by atoms with Gasteiger partial charge in [-0.2, -0.15) is 23.1 Å². The molecule has 3 aromatic heterocycles. The number of aryl methyl sites for hydroxylation is 1. The van der Waals surface area contributed by atoms with Crippen molar-refractivity contribution < 1.29 is 22.4 Å². The van der Waals surface area contributed by atoms with E-state index in [0.29, 0.717) is 17.6 Å². The standard InChI is InChI=1S/C15H10F3N5O2/c1-8-20-12(9-4-2-3-7-19-9)22-14(21-8)23-13(24)10-5-6-11(25-10)15(16,17)18/h2-7H,1H3,(H,20,21,22,23,24). The van der Waals surface area contributed by atoms with Crippen molar-refractivity contribution >= 4 is 11.9 Å². The van der Waals surface area contributed by atoms with Crippen LogP contribution in [0.4, 0.5) is 19.1 Å². The molecule has 3 heterocycles. The molecule has 0 spiro atoms. The first-order valence-electron chi connectivity index (χ1n) is 6.95. The van der Waals surface area contributed by atoms with Crippen LogP contribution in [0.15, 0.2) is 40.9 Å². The van der Waals surface area contributed by atoms with Crippen molar-refractivity contribution in [3.05, 3.63) is 53.9 Å². The molecule has 1 amide bonds. The Kier molecular flexibility index (Phi) is 4.17. The number of nitrogens with zero attached hydrogens (tertiary/aromatic N) is 4. The number of furan rings is 1. The van der Waals surface area contributed by atoms with Crippen molar-refractivity contribution in [3.63, 3.8) is 0 Å². The smallest absolute Gasteiger partial charge is 0.446 e. The van der Waals surface area contributed by atoms with Crippen LogP contribution in [0.2, 0.25) is 0 Å². The minimum absolute atomic E-state index is 0.122. The lowest BCUT2D eigenvalue weighted by Gasteiger charge is -2.05. The highest BCUT2D eigenvalue weighted by molar-refractivity contribution is 6.01. The number of alkyl halides is 3. The van der Waals surface area contributed by atoms with E-state index in [0.717, 1.165) is 6.07 Å². The van der Waals surface area contributed by atoms with Gasteiger partial charge in [-0.1, -0.05) is 6.07 Å². The molecule has 0 aliphatic rings. The predicted molar refractivity (Wildman–Crippen MR) is 79.5 cm³/mol. The van der Waals surface area contributed by atoms with Crippen LogP contribution in [-0.4, -0.2) is 25.8 Å². The highest BCUT2D eigenvalue weighted by Crippen LogP contribution is 2.30. The third kappa shape index (κ3) is 3.79. The number of anilines is 1. The number of hydrogen-bond donors (Lipinski definition) is 1. The van der Waals surface area contributed by atoms with E-state index in [-0.39, 0.29) is 11.8 Å². The van der Waals surface area contributed by atoms with Gasteiger partial charge in [0.1, 0.15) is 11.5 Å². The fourth-order valence-corrected chi connectivity index (χ4v) is 1.92. The second kappa shape index (κ2) is 6.30. The van der Waals surface area contributed by atoms with Gasteiger partial charge >= 0.3 is 6.18 Å². The Balaban J connectivity index is 1.84. The van der Waals surface area contributed by atoms with Gasteiger partial charge in [0.05, 0.1) is 0 Å². The third-order valence-electron chi connectivity index (χ3n) is 2.98. The minimum atomic E-state index is -4.67. The number of rotatable bonds is 3. The number of amides is 1. The molecule has 0 saturated carbocycles. The largest absolute Gasteiger partial charge is 0.449 e. The summed E-state index contributed by atoms with van der Waals surface area (Å²) >= 11 is 0. The van der Waals surface area contributed by atoms with E-state index in [2.05, 4.69) is 29.7 Å². The molecule has 3 aromatic rings. The molecule has 3 rings (SSSR count). The number of pyridine rings is 1. The van der Waals surface area contributed by atoms with Gasteiger partial charge in [-0.25, -0.2) is 4.98 Å². The number of hydrogen-bond acceptors (Lipinski definition) is 6. The summed E-state index contributed by atoms with van der Waals surface area (Å²) in [6.07, 6.45) is -3.12. The van der Waals surface area contributed by atoms with Crippen LogP contribution in [0.3, 0.4) is 0 Å². The van der Waals surface area contributed by atoms with E-state index in [1.165, 1.54) is 0 Å². The first-order chi connectivity index (χ1) is 11.8. The third-order valence-corrected chi connectivity index (χ3v) is 2.98. The fourth-order valence-electron chi connectivity index (χ4n) is 1.92. The molecule has 7 nitrogen and oxygen atoms in total. The summed E-state index contributed by atoms with van der Waals surface area (Å²) in [5.74, 6) is -2.28. The van der Waals surface area contributed by atoms with E-state index in [1.54, 1.807) is 31.3 Å². The lowest BCUT2D eigenvalue weighted by Crippen LogP contribution is -2.15. The van der Waals surface area contributed by atoms with Gasteiger partial charge in [-0.3, -0.25) is 15.1 Å². The van der Waals surface area contributed by atoms with Crippen molar-refractivity contribution in [1.29, 1.82) is 0 Å². The normalized spacial score (nSPS) is 11.4. The Morgan fingerprint density at radius 3 is 2.56 bits per heavy atom. The number of aromatic nitrogens is 4. The fraction of sp³-hybridized carbons (Fsp3) is 0.133. The first kappa shape index (κ1) is 16.6. The number of halogens is 3. The Morgan fingerprint density at radius 1 is 1.12 bits per heavy atom. The maximum absolute atomic E-state index is 12.5. The Hall–Kier alpha value is -3.30. The second-order valence-corrected chi connectivity index (χ2v) is 4.86. The average Bonchev–Trinajstić information content (AvgIpc) is 3.05. The van der Waals surface area contributed by atoms with Crippen LogP contribution in [0.1, 0.15) is 22.1 Å². The zero-order valence-corrected chi connectivity index (χ0v) is 12.7. The van der Waals surface area contributed by atoms with Crippen LogP contribution in [0.5, 0.6) is 0 Å². The predicted octanol–water partition coefficient (Wildman–Crippen LogP) is 3.11. The molecule has 1 N–H and O–H groups in total. The minimum Gasteiger partial charge on any atom is -0.446 e. The highest BCUT2D eigenvalue weighted by Gasteiger charge is 2.35. The molecule has 0 aliphatic carbocycles. The maximum atomic E-state index is 12.5. The van der Waals surface area contributed by atoms with E-state index in [4.69, 9.17) is 0 Å². The lowest BCUT2D eigenvalue weighted by molar-refractivity contribution is -0.153. The topological polar surface area (TPSA) is 93.8 Å². The van der Waals surface area contributed by atoms with Crippen LogP contribution in [0, 0.1) is 6.92 Å². The quantitative estimate of drug-likeness (QED) is 0.781. The summed E-state index contributed by atoms with van der Waals surface area (Å²) in [7, 11) is 0. The zero-order chi connectivity index (χ0) is 18.0. The van der Waals surface area contributed by atoms with Crippen molar-refractivity contribution in [2.24, 2.45) is 0 Å². The number of carbonyl (C=O) groups excluding carboxylic acids is 1. The second-order valence-electron chi connectivity index (χ2n) is 4.86. The summed E-state index contributed by atoms with van der Waals surface area (Å²) < 4.78 is 42.1. The molecule has 10 heteroatoms. The van der Waals surface area contributed by atoms with E-state index in [1.807, 2.05) is 0 Å². The summed E-state index contributed by atoms with van der Waals surface area (Å²) in [6, 6.07) is 6.72. The van der Waals surface area contributed by atoms with Crippen molar-refractivity contribution in [3.8, 4) is 11.5 Å². The molecule has 0 saturated heterocycles. The Morgan fingerprint density at radius 2 is 1.92 bits per heavy atom. The molecule has 128 valence electrons. The molecule has 0 fully saturated rings. The Labute approximate surface area is 139 Å². The van der Waals surface area contributed by atoms with Crippen LogP contribution < -0.4 is 5.32 Å². The molecule has 0 aliphatic heterocycles. The van der Waals surface area contributed by atoms with E-state index in [9.17, 15) is 18.0 Å². The summed E-state index contributed by atoms with van der Waals surface area (Å²) in [5, 5.41) is 2.28. The van der Waals surface area contributed by atoms with E-state index < -0.39 is 23.6 Å². The summed E-state index contributed by atoms with van der Waals surface area (Å²) in [6.45, 7) is 1.58. The number of nitrogens with one attached hydrogen (secondary N) is 1. The van der Waals surface area contributed by atoms with Crippen molar-refractivity contribution in [2.75, 3.05) is 5.32 Å². The van der Waals surface area contributed by atoms with Gasteiger partial charge < -0.3 is 4.42 Å². The van der Waals surface area contributed by atoms with E-state index >= 15 is 0 Å². The summed E-state index contributed by atoms with van der Waals surface area (Å²) in [4.78, 5) is 28.2. The molecular weight excluding hydrogens is 339 g/mol.